The van der Waals surface area contributed by atoms with E-state index >= 15 is 0 Å². The fourth-order valence-corrected chi connectivity index (χ4v) is 1.23. The Hall–Kier alpha value is -1.43. The fraction of sp³-hybridized carbons (Fsp3) is 0.500. The summed E-state index contributed by atoms with van der Waals surface area (Å²) in [7, 11) is 0. The standard InChI is InChI=1S/C10H15F2N3O/c1-10(2,3-4-16)15-9-7(12)5-6(11)8(13)14-9/h5,16H,3-4H2,1-2H3,(H3,13,14,15). The summed E-state index contributed by atoms with van der Waals surface area (Å²) in [5, 5.41) is 11.6. The Morgan fingerprint density at radius 1 is 1.44 bits per heavy atom. The third kappa shape index (κ3) is 3.03. The van der Waals surface area contributed by atoms with Gasteiger partial charge in [0.25, 0.3) is 0 Å². The quantitative estimate of drug-likeness (QED) is 0.734. The average molecular weight is 231 g/mol. The Bertz CT molecular complexity index is 383. The first-order chi connectivity index (χ1) is 7.35. The second-order valence-corrected chi connectivity index (χ2v) is 4.17. The lowest BCUT2D eigenvalue weighted by molar-refractivity contribution is 0.260. The Kier molecular flexibility index (Phi) is 3.64. The zero-order valence-corrected chi connectivity index (χ0v) is 9.22. The van der Waals surface area contributed by atoms with Crippen LogP contribution in [0, 0.1) is 11.6 Å². The highest BCUT2D eigenvalue weighted by molar-refractivity contribution is 5.46. The average Bonchev–Trinajstić information content (AvgIpc) is 2.13. The predicted octanol–water partition coefficient (Wildman–Crippen LogP) is 1.51. The Morgan fingerprint density at radius 3 is 2.62 bits per heavy atom. The molecular formula is C10H15F2N3O. The van der Waals surface area contributed by atoms with Gasteiger partial charge in [-0.25, -0.2) is 13.8 Å². The number of aliphatic hydroxyl groups excluding tert-OH is 1. The molecule has 0 spiro atoms. The maximum absolute atomic E-state index is 13.3. The monoisotopic (exact) mass is 231 g/mol. The molecule has 90 valence electrons. The number of nitrogens with zero attached hydrogens (tertiary/aromatic N) is 1. The number of nitrogens with two attached hydrogens (primary N) is 1. The molecule has 0 radical (unpaired) electrons. The van der Waals surface area contributed by atoms with E-state index in [4.69, 9.17) is 10.8 Å². The largest absolute Gasteiger partial charge is 0.396 e. The fourth-order valence-electron chi connectivity index (χ4n) is 1.23. The van der Waals surface area contributed by atoms with Crippen LogP contribution in [0.1, 0.15) is 20.3 Å². The van der Waals surface area contributed by atoms with Crippen LogP contribution in [0.5, 0.6) is 0 Å². The van der Waals surface area contributed by atoms with E-state index in [0.717, 1.165) is 0 Å². The SMILES string of the molecule is CC(C)(CCO)Nc1nc(N)c(F)cc1F. The Morgan fingerprint density at radius 2 is 2.06 bits per heavy atom. The number of aromatic nitrogens is 1. The van der Waals surface area contributed by atoms with Crippen molar-refractivity contribution in [2.24, 2.45) is 0 Å². The van der Waals surface area contributed by atoms with Crippen LogP contribution in [0.15, 0.2) is 6.07 Å². The molecule has 0 amide bonds. The van der Waals surface area contributed by atoms with Gasteiger partial charge in [-0.15, -0.1) is 0 Å². The second kappa shape index (κ2) is 4.61. The minimum absolute atomic E-state index is 0.0434. The minimum Gasteiger partial charge on any atom is -0.396 e. The summed E-state index contributed by atoms with van der Waals surface area (Å²) in [5.41, 5.74) is 4.69. The topological polar surface area (TPSA) is 71.2 Å². The summed E-state index contributed by atoms with van der Waals surface area (Å²) in [6, 6.07) is 0.680. The molecule has 0 saturated heterocycles. The summed E-state index contributed by atoms with van der Waals surface area (Å²) in [6.07, 6.45) is 0.408. The molecule has 0 bridgehead atoms. The van der Waals surface area contributed by atoms with Gasteiger partial charge in [-0.3, -0.25) is 0 Å². The third-order valence-electron chi connectivity index (χ3n) is 2.15. The number of hydrogen-bond acceptors (Lipinski definition) is 4. The molecule has 0 aliphatic carbocycles. The van der Waals surface area contributed by atoms with Gasteiger partial charge in [-0.1, -0.05) is 0 Å². The zero-order valence-electron chi connectivity index (χ0n) is 9.22. The van der Waals surface area contributed by atoms with Crippen molar-refractivity contribution in [1.82, 2.24) is 4.98 Å². The first kappa shape index (κ1) is 12.6. The first-order valence-corrected chi connectivity index (χ1v) is 4.86. The predicted molar refractivity (Wildman–Crippen MR) is 58.0 cm³/mol. The molecule has 0 fully saturated rings. The molecule has 0 unspecified atom stereocenters. The van der Waals surface area contributed by atoms with E-state index in [0.29, 0.717) is 12.5 Å². The summed E-state index contributed by atoms with van der Waals surface area (Å²) < 4.78 is 26.2. The molecule has 16 heavy (non-hydrogen) atoms. The smallest absolute Gasteiger partial charge is 0.168 e. The van der Waals surface area contributed by atoms with Crippen molar-refractivity contribution in [2.45, 2.75) is 25.8 Å². The molecule has 1 heterocycles. The minimum atomic E-state index is -0.886. The molecular weight excluding hydrogens is 216 g/mol. The molecule has 0 aliphatic heterocycles. The lowest BCUT2D eigenvalue weighted by Gasteiger charge is -2.26. The summed E-state index contributed by atoms with van der Waals surface area (Å²) in [6.45, 7) is 3.49. The number of pyridine rings is 1. The summed E-state index contributed by atoms with van der Waals surface area (Å²) >= 11 is 0. The van der Waals surface area contributed by atoms with Gasteiger partial charge >= 0.3 is 0 Å². The van der Waals surface area contributed by atoms with Gasteiger partial charge in [0, 0.05) is 18.2 Å². The van der Waals surface area contributed by atoms with Crippen LogP contribution in [0.25, 0.3) is 0 Å². The van der Waals surface area contributed by atoms with Crippen LogP contribution in [-0.2, 0) is 0 Å². The molecule has 1 rings (SSSR count). The highest BCUT2D eigenvalue weighted by Crippen LogP contribution is 2.21. The third-order valence-corrected chi connectivity index (χ3v) is 2.15. The van der Waals surface area contributed by atoms with Crippen molar-refractivity contribution in [3.63, 3.8) is 0 Å². The number of rotatable bonds is 4. The normalized spacial score (nSPS) is 11.6. The molecule has 0 aromatic carbocycles. The van der Waals surface area contributed by atoms with E-state index < -0.39 is 17.2 Å². The molecule has 6 heteroatoms. The molecule has 1 aromatic heterocycles. The van der Waals surface area contributed by atoms with Crippen LogP contribution in [0.2, 0.25) is 0 Å². The van der Waals surface area contributed by atoms with Gasteiger partial charge in [-0.2, -0.15) is 0 Å². The van der Waals surface area contributed by atoms with Crippen molar-refractivity contribution < 1.29 is 13.9 Å². The molecule has 0 saturated carbocycles. The number of nitrogens with one attached hydrogen (secondary N) is 1. The van der Waals surface area contributed by atoms with Crippen LogP contribution in [-0.4, -0.2) is 22.2 Å². The number of nitrogen functional groups attached to an aromatic ring is 1. The van der Waals surface area contributed by atoms with Crippen LogP contribution in [0.3, 0.4) is 0 Å². The molecule has 1 aromatic rings. The van der Waals surface area contributed by atoms with Gasteiger partial charge < -0.3 is 16.2 Å². The molecule has 0 aliphatic rings. The molecule has 0 atom stereocenters. The van der Waals surface area contributed by atoms with Gasteiger partial charge in [0.05, 0.1) is 0 Å². The molecule has 4 N–H and O–H groups in total. The summed E-state index contributed by atoms with van der Waals surface area (Å²) in [5.74, 6) is -2.17. The number of hydrogen-bond donors (Lipinski definition) is 3. The number of aliphatic hydroxyl groups is 1. The first-order valence-electron chi connectivity index (χ1n) is 4.86. The Labute approximate surface area is 92.5 Å². The zero-order chi connectivity index (χ0) is 12.3. The van der Waals surface area contributed by atoms with Crippen molar-refractivity contribution in [3.05, 3.63) is 17.7 Å². The van der Waals surface area contributed by atoms with E-state index in [1.165, 1.54) is 0 Å². The van der Waals surface area contributed by atoms with Crippen molar-refractivity contribution in [3.8, 4) is 0 Å². The second-order valence-electron chi connectivity index (χ2n) is 4.17. The van der Waals surface area contributed by atoms with E-state index in [9.17, 15) is 8.78 Å². The van der Waals surface area contributed by atoms with Crippen molar-refractivity contribution in [1.29, 1.82) is 0 Å². The van der Waals surface area contributed by atoms with E-state index in [2.05, 4.69) is 10.3 Å². The van der Waals surface area contributed by atoms with Crippen LogP contribution in [0.4, 0.5) is 20.4 Å². The van der Waals surface area contributed by atoms with E-state index in [-0.39, 0.29) is 18.2 Å². The van der Waals surface area contributed by atoms with Gasteiger partial charge in [-0.05, 0) is 20.3 Å². The van der Waals surface area contributed by atoms with Crippen LogP contribution < -0.4 is 11.1 Å². The number of halogens is 2. The van der Waals surface area contributed by atoms with Gasteiger partial charge in [0.15, 0.2) is 23.3 Å². The van der Waals surface area contributed by atoms with Crippen LogP contribution >= 0.6 is 0 Å². The lowest BCUT2D eigenvalue weighted by Crippen LogP contribution is -2.33. The number of anilines is 2. The maximum Gasteiger partial charge on any atom is 0.168 e. The van der Waals surface area contributed by atoms with Gasteiger partial charge in [0.1, 0.15) is 0 Å². The van der Waals surface area contributed by atoms with Crippen molar-refractivity contribution in [2.75, 3.05) is 17.7 Å². The Balaban J connectivity index is 2.93. The maximum atomic E-state index is 13.3. The highest BCUT2D eigenvalue weighted by atomic mass is 19.1. The lowest BCUT2D eigenvalue weighted by atomic mass is 10.0. The van der Waals surface area contributed by atoms with Crippen molar-refractivity contribution >= 4 is 11.6 Å². The molecule has 4 nitrogen and oxygen atoms in total. The van der Waals surface area contributed by atoms with E-state index in [1.807, 2.05) is 0 Å². The van der Waals surface area contributed by atoms with Gasteiger partial charge in [0.2, 0.25) is 0 Å². The summed E-state index contributed by atoms with van der Waals surface area (Å²) in [4.78, 5) is 3.57. The highest BCUT2D eigenvalue weighted by Gasteiger charge is 2.20. The van der Waals surface area contributed by atoms with E-state index in [1.54, 1.807) is 13.8 Å².